The lowest BCUT2D eigenvalue weighted by Crippen LogP contribution is -2.12. The van der Waals surface area contributed by atoms with E-state index in [2.05, 4.69) is 0 Å². The quantitative estimate of drug-likeness (QED) is 0.722. The van der Waals surface area contributed by atoms with Gasteiger partial charge in [-0.25, -0.2) is 9.59 Å². The summed E-state index contributed by atoms with van der Waals surface area (Å²) in [6.45, 7) is 2.85. The van der Waals surface area contributed by atoms with Gasteiger partial charge in [-0.15, -0.1) is 0 Å². The molecule has 0 spiro atoms. The van der Waals surface area contributed by atoms with E-state index in [1.165, 1.54) is 26.0 Å². The zero-order chi connectivity index (χ0) is 12.5. The lowest BCUT2D eigenvalue weighted by molar-refractivity contribution is 0.0689. The van der Waals surface area contributed by atoms with E-state index in [0.717, 1.165) is 0 Å². The number of aliphatic hydroxyl groups excluding tert-OH is 1. The fourth-order valence-corrected chi connectivity index (χ4v) is 1.60. The first kappa shape index (κ1) is 12.2. The van der Waals surface area contributed by atoms with Gasteiger partial charge in [0.15, 0.2) is 0 Å². The summed E-state index contributed by atoms with van der Waals surface area (Å²) in [4.78, 5) is 21.8. The highest BCUT2D eigenvalue weighted by Crippen LogP contribution is 2.24. The smallest absolute Gasteiger partial charge is 0.336 e. The van der Waals surface area contributed by atoms with Crippen molar-refractivity contribution < 1.29 is 24.9 Å². The van der Waals surface area contributed by atoms with E-state index in [1.54, 1.807) is 0 Å². The minimum Gasteiger partial charge on any atom is -0.478 e. The number of aliphatic hydroxyl groups is 1. The molecule has 3 N–H and O–H groups in total. The maximum atomic E-state index is 11.0. The van der Waals surface area contributed by atoms with E-state index < -0.39 is 18.0 Å². The first-order valence-electron chi connectivity index (χ1n) is 4.64. The van der Waals surface area contributed by atoms with Gasteiger partial charge in [-0.3, -0.25) is 0 Å². The number of carboxylic acids is 2. The van der Waals surface area contributed by atoms with Crippen molar-refractivity contribution in [3.8, 4) is 0 Å². The predicted octanol–water partition coefficient (Wildman–Crippen LogP) is 1.44. The predicted molar refractivity (Wildman–Crippen MR) is 55.7 cm³/mol. The van der Waals surface area contributed by atoms with Gasteiger partial charge in [0.05, 0.1) is 17.2 Å². The molecule has 1 unspecified atom stereocenters. The molecule has 0 aliphatic carbocycles. The minimum atomic E-state index is -1.24. The number of hydrogen-bond acceptors (Lipinski definition) is 3. The summed E-state index contributed by atoms with van der Waals surface area (Å²) in [5, 5.41) is 27.2. The van der Waals surface area contributed by atoms with Gasteiger partial charge in [0.25, 0.3) is 0 Å². The van der Waals surface area contributed by atoms with Crippen LogP contribution in [0.2, 0.25) is 0 Å². The summed E-state index contributed by atoms with van der Waals surface area (Å²) in [6, 6.07) is 2.62. The van der Waals surface area contributed by atoms with Crippen LogP contribution >= 0.6 is 0 Å². The van der Waals surface area contributed by atoms with Crippen molar-refractivity contribution in [1.82, 2.24) is 0 Å². The van der Waals surface area contributed by atoms with Gasteiger partial charge >= 0.3 is 11.9 Å². The number of hydrogen-bond donors (Lipinski definition) is 3. The molecule has 0 fully saturated rings. The van der Waals surface area contributed by atoms with Crippen molar-refractivity contribution >= 4 is 11.9 Å². The van der Waals surface area contributed by atoms with Crippen LogP contribution in [-0.4, -0.2) is 27.3 Å². The highest BCUT2D eigenvalue weighted by Gasteiger charge is 2.21. The van der Waals surface area contributed by atoms with Crippen LogP contribution in [-0.2, 0) is 0 Å². The van der Waals surface area contributed by atoms with Crippen LogP contribution in [0, 0.1) is 6.92 Å². The number of rotatable bonds is 3. The molecule has 86 valence electrons. The highest BCUT2D eigenvalue weighted by molar-refractivity contribution is 5.97. The fourth-order valence-electron chi connectivity index (χ4n) is 1.60. The lowest BCUT2D eigenvalue weighted by Gasteiger charge is -2.13. The second-order valence-corrected chi connectivity index (χ2v) is 3.49. The van der Waals surface area contributed by atoms with Gasteiger partial charge in [-0.1, -0.05) is 6.07 Å². The third-order valence-electron chi connectivity index (χ3n) is 2.39. The van der Waals surface area contributed by atoms with Gasteiger partial charge in [0.1, 0.15) is 0 Å². The topological polar surface area (TPSA) is 94.8 Å². The Kier molecular flexibility index (Phi) is 3.29. The van der Waals surface area contributed by atoms with Gasteiger partial charge < -0.3 is 15.3 Å². The van der Waals surface area contributed by atoms with Crippen LogP contribution in [0.5, 0.6) is 0 Å². The second-order valence-electron chi connectivity index (χ2n) is 3.49. The third kappa shape index (κ3) is 2.04. The Hall–Kier alpha value is -1.88. The summed E-state index contributed by atoms with van der Waals surface area (Å²) in [6.07, 6.45) is -0.951. The zero-order valence-corrected chi connectivity index (χ0v) is 8.89. The lowest BCUT2D eigenvalue weighted by atomic mass is 9.94. The van der Waals surface area contributed by atoms with Crippen LogP contribution < -0.4 is 0 Å². The van der Waals surface area contributed by atoms with Gasteiger partial charge in [-0.2, -0.15) is 0 Å². The Morgan fingerprint density at radius 2 is 1.75 bits per heavy atom. The maximum Gasteiger partial charge on any atom is 0.336 e. The van der Waals surface area contributed by atoms with E-state index in [-0.39, 0.29) is 22.3 Å². The summed E-state index contributed by atoms with van der Waals surface area (Å²) in [5.41, 5.74) is 0.158. The van der Waals surface area contributed by atoms with Crippen LogP contribution in [0.25, 0.3) is 0 Å². The molecule has 0 aliphatic rings. The second kappa shape index (κ2) is 4.32. The number of benzene rings is 1. The molecule has 0 aromatic heterocycles. The van der Waals surface area contributed by atoms with Gasteiger partial charge in [0.2, 0.25) is 0 Å². The molecule has 16 heavy (non-hydrogen) atoms. The Bertz CT molecular complexity index is 448. The highest BCUT2D eigenvalue weighted by atomic mass is 16.4. The van der Waals surface area contributed by atoms with Crippen LogP contribution in [0.4, 0.5) is 0 Å². The number of aromatic carboxylic acids is 2. The third-order valence-corrected chi connectivity index (χ3v) is 2.39. The molecule has 1 aromatic rings. The molecule has 0 amide bonds. The van der Waals surface area contributed by atoms with Crippen molar-refractivity contribution in [2.45, 2.75) is 20.0 Å². The van der Waals surface area contributed by atoms with E-state index in [0.29, 0.717) is 0 Å². The van der Waals surface area contributed by atoms with E-state index in [1.807, 2.05) is 0 Å². The molecule has 1 atom stereocenters. The molecular formula is C11H12O5. The van der Waals surface area contributed by atoms with Crippen molar-refractivity contribution in [1.29, 1.82) is 0 Å². The molecule has 0 heterocycles. The molecule has 0 saturated heterocycles. The zero-order valence-electron chi connectivity index (χ0n) is 8.89. The Morgan fingerprint density at radius 1 is 1.19 bits per heavy atom. The number of carbonyl (C=O) groups is 2. The summed E-state index contributed by atoms with van der Waals surface area (Å²) >= 11 is 0. The molecule has 1 aromatic carbocycles. The summed E-state index contributed by atoms with van der Waals surface area (Å²) in [5.74, 6) is -2.42. The minimum absolute atomic E-state index is 0.0678. The monoisotopic (exact) mass is 224 g/mol. The Balaban J connectivity index is 3.54. The molecule has 0 bridgehead atoms. The molecule has 5 heteroatoms. The first-order chi connectivity index (χ1) is 7.36. The van der Waals surface area contributed by atoms with Crippen molar-refractivity contribution in [2.75, 3.05) is 0 Å². The van der Waals surface area contributed by atoms with Crippen LogP contribution in [0.15, 0.2) is 12.1 Å². The summed E-state index contributed by atoms with van der Waals surface area (Å²) in [7, 11) is 0. The standard InChI is InChI=1S/C11H12O5/c1-5-7(10(13)14)3-4-8(6(2)12)9(5)11(15)16/h3-4,6,12H,1-2H3,(H,13,14)(H,15,16). The summed E-state index contributed by atoms with van der Waals surface area (Å²) < 4.78 is 0. The molecule has 1 rings (SSSR count). The molecule has 0 aliphatic heterocycles. The van der Waals surface area contributed by atoms with Crippen molar-refractivity contribution in [3.63, 3.8) is 0 Å². The maximum absolute atomic E-state index is 11.0. The molecule has 5 nitrogen and oxygen atoms in total. The first-order valence-corrected chi connectivity index (χ1v) is 4.64. The van der Waals surface area contributed by atoms with E-state index in [4.69, 9.17) is 10.2 Å². The molecule has 0 radical (unpaired) electrons. The van der Waals surface area contributed by atoms with Crippen LogP contribution in [0.3, 0.4) is 0 Å². The van der Waals surface area contributed by atoms with Crippen LogP contribution in [0.1, 0.15) is 44.9 Å². The average Bonchev–Trinajstić information content (AvgIpc) is 2.15. The van der Waals surface area contributed by atoms with Gasteiger partial charge in [-0.05, 0) is 31.0 Å². The van der Waals surface area contributed by atoms with Crippen molar-refractivity contribution in [2.24, 2.45) is 0 Å². The largest absolute Gasteiger partial charge is 0.478 e. The SMILES string of the molecule is Cc1c(C(=O)O)ccc(C(C)O)c1C(=O)O. The van der Waals surface area contributed by atoms with E-state index in [9.17, 15) is 14.7 Å². The molecular weight excluding hydrogens is 212 g/mol. The van der Waals surface area contributed by atoms with E-state index >= 15 is 0 Å². The molecule has 0 saturated carbocycles. The van der Waals surface area contributed by atoms with Crippen molar-refractivity contribution in [3.05, 3.63) is 34.4 Å². The Morgan fingerprint density at radius 3 is 2.12 bits per heavy atom. The number of carboxylic acid groups (broad SMARTS) is 2. The normalized spacial score (nSPS) is 12.2. The Labute approximate surface area is 92.0 Å². The average molecular weight is 224 g/mol. The van der Waals surface area contributed by atoms with Gasteiger partial charge in [0, 0.05) is 0 Å². The fraction of sp³-hybridized carbons (Fsp3) is 0.273.